The molecule has 1 aliphatic rings. The molecule has 0 spiro atoms. The molecule has 1 atom stereocenters. The van der Waals surface area contributed by atoms with E-state index in [2.05, 4.69) is 59.4 Å². The number of fused-ring (bicyclic) bond motifs is 1. The fraction of sp³-hybridized carbons (Fsp3) is 0.286. The first-order valence-electron chi connectivity index (χ1n) is 5.89. The van der Waals surface area contributed by atoms with Crippen LogP contribution in [0.2, 0.25) is 0 Å². The zero-order valence-electron chi connectivity index (χ0n) is 9.56. The van der Waals surface area contributed by atoms with E-state index in [4.69, 9.17) is 0 Å². The van der Waals surface area contributed by atoms with Crippen molar-refractivity contribution in [2.75, 3.05) is 6.54 Å². The fourth-order valence-corrected chi connectivity index (χ4v) is 2.49. The van der Waals surface area contributed by atoms with Crippen LogP contribution in [0.5, 0.6) is 0 Å². The second-order valence-corrected chi connectivity index (χ2v) is 4.54. The Morgan fingerprint density at radius 1 is 1.19 bits per heavy atom. The summed E-state index contributed by atoms with van der Waals surface area (Å²) in [5.41, 5.74) is 4.16. The molecule has 2 N–H and O–H groups in total. The number of quaternary nitrogens is 1. The molecule has 2 heteroatoms. The van der Waals surface area contributed by atoms with Gasteiger partial charge in [0.1, 0.15) is 0 Å². The van der Waals surface area contributed by atoms with Gasteiger partial charge in [-0.3, -0.25) is 0 Å². The van der Waals surface area contributed by atoms with Crippen LogP contribution in [0.25, 0.3) is 0 Å². The summed E-state index contributed by atoms with van der Waals surface area (Å²) in [6.45, 7) is 4.43. The Bertz CT molecular complexity index is 482. The molecule has 0 unspecified atom stereocenters. The minimum atomic E-state index is 0.476. The van der Waals surface area contributed by atoms with Crippen molar-refractivity contribution in [1.29, 1.82) is 0 Å². The third-order valence-electron chi connectivity index (χ3n) is 3.39. The Labute approximate surface area is 95.9 Å². The van der Waals surface area contributed by atoms with Crippen LogP contribution in [0.3, 0.4) is 0 Å². The Balaban J connectivity index is 2.00. The summed E-state index contributed by atoms with van der Waals surface area (Å²) in [5, 5.41) is 2.43. The molecule has 1 aliphatic heterocycles. The van der Waals surface area contributed by atoms with Gasteiger partial charge in [-0.1, -0.05) is 29.8 Å². The van der Waals surface area contributed by atoms with Gasteiger partial charge >= 0.3 is 0 Å². The Morgan fingerprint density at radius 2 is 2.00 bits per heavy atom. The Kier molecular flexibility index (Phi) is 2.29. The lowest BCUT2D eigenvalue weighted by Gasteiger charge is -2.23. The van der Waals surface area contributed by atoms with Gasteiger partial charge in [0, 0.05) is 11.8 Å². The van der Waals surface area contributed by atoms with Crippen LogP contribution < -0.4 is 5.32 Å². The standard InChI is InChI=1S/C14H16N2/c1-11-4-6-12(7-5-11)14-13-3-2-9-16(13)10-8-15-14/h2-7,9,14-15H,8,10H2,1H3/p+1/t14-/m0/s1. The second kappa shape index (κ2) is 3.80. The molecule has 2 aromatic rings. The van der Waals surface area contributed by atoms with Crippen LogP contribution in [0.15, 0.2) is 42.6 Å². The molecule has 0 amide bonds. The van der Waals surface area contributed by atoms with Gasteiger partial charge in [0.2, 0.25) is 0 Å². The van der Waals surface area contributed by atoms with E-state index in [1.165, 1.54) is 23.4 Å². The van der Waals surface area contributed by atoms with Crippen LogP contribution in [0, 0.1) is 6.92 Å². The van der Waals surface area contributed by atoms with Gasteiger partial charge in [0.25, 0.3) is 0 Å². The number of nitrogens with zero attached hydrogens (tertiary/aromatic N) is 1. The maximum absolute atomic E-state index is 2.43. The monoisotopic (exact) mass is 213 g/mol. The minimum absolute atomic E-state index is 0.476. The highest BCUT2D eigenvalue weighted by Gasteiger charge is 2.23. The molecule has 0 aliphatic carbocycles. The fourth-order valence-electron chi connectivity index (χ4n) is 2.49. The zero-order chi connectivity index (χ0) is 11.0. The van der Waals surface area contributed by atoms with Crippen LogP contribution in [-0.4, -0.2) is 11.1 Å². The van der Waals surface area contributed by atoms with Gasteiger partial charge < -0.3 is 9.88 Å². The summed E-state index contributed by atoms with van der Waals surface area (Å²) in [4.78, 5) is 0. The molecular weight excluding hydrogens is 196 g/mol. The third kappa shape index (κ3) is 1.55. The number of hydrogen-bond acceptors (Lipinski definition) is 0. The van der Waals surface area contributed by atoms with Crippen molar-refractivity contribution in [1.82, 2.24) is 4.57 Å². The molecule has 0 fully saturated rings. The van der Waals surface area contributed by atoms with Crippen LogP contribution >= 0.6 is 0 Å². The van der Waals surface area contributed by atoms with Crippen molar-refractivity contribution in [3.63, 3.8) is 0 Å². The maximum atomic E-state index is 2.43. The summed E-state index contributed by atoms with van der Waals surface area (Å²) in [7, 11) is 0. The molecule has 0 bridgehead atoms. The first kappa shape index (κ1) is 9.67. The highest BCUT2D eigenvalue weighted by molar-refractivity contribution is 5.29. The average Bonchev–Trinajstić information content (AvgIpc) is 2.78. The van der Waals surface area contributed by atoms with Crippen LogP contribution in [0.4, 0.5) is 0 Å². The van der Waals surface area contributed by atoms with Crippen molar-refractivity contribution in [3.05, 3.63) is 59.4 Å². The van der Waals surface area contributed by atoms with Gasteiger partial charge in [-0.05, 0) is 19.1 Å². The molecule has 16 heavy (non-hydrogen) atoms. The third-order valence-corrected chi connectivity index (χ3v) is 3.39. The summed E-state index contributed by atoms with van der Waals surface area (Å²) < 4.78 is 2.37. The van der Waals surface area contributed by atoms with E-state index in [0.29, 0.717) is 6.04 Å². The average molecular weight is 213 g/mol. The number of aryl methyl sites for hydroxylation is 1. The molecule has 2 nitrogen and oxygen atoms in total. The predicted molar refractivity (Wildman–Crippen MR) is 64.2 cm³/mol. The SMILES string of the molecule is Cc1ccc([C@@H]2[NH2+]CCn3cccc32)cc1. The van der Waals surface area contributed by atoms with Crippen molar-refractivity contribution >= 4 is 0 Å². The Morgan fingerprint density at radius 3 is 2.81 bits per heavy atom. The zero-order valence-corrected chi connectivity index (χ0v) is 9.56. The smallest absolute Gasteiger partial charge is 0.152 e. The lowest BCUT2D eigenvalue weighted by Crippen LogP contribution is -2.88. The molecule has 0 saturated carbocycles. The van der Waals surface area contributed by atoms with E-state index in [-0.39, 0.29) is 0 Å². The quantitative estimate of drug-likeness (QED) is 0.741. The largest absolute Gasteiger partial charge is 0.341 e. The lowest BCUT2D eigenvalue weighted by molar-refractivity contribution is -0.693. The molecule has 0 saturated heterocycles. The Hall–Kier alpha value is -1.54. The van der Waals surface area contributed by atoms with Crippen molar-refractivity contribution < 1.29 is 5.32 Å². The van der Waals surface area contributed by atoms with E-state index in [0.717, 1.165) is 6.54 Å². The van der Waals surface area contributed by atoms with E-state index >= 15 is 0 Å². The highest BCUT2D eigenvalue weighted by Crippen LogP contribution is 2.21. The molecule has 1 aromatic heterocycles. The van der Waals surface area contributed by atoms with E-state index in [1.54, 1.807) is 0 Å². The van der Waals surface area contributed by atoms with E-state index < -0.39 is 0 Å². The molecule has 3 rings (SSSR count). The molecule has 2 heterocycles. The predicted octanol–water partition coefficient (Wildman–Crippen LogP) is 1.46. The van der Waals surface area contributed by atoms with Crippen LogP contribution in [-0.2, 0) is 6.54 Å². The summed E-state index contributed by atoms with van der Waals surface area (Å²) >= 11 is 0. The van der Waals surface area contributed by atoms with Crippen molar-refractivity contribution in [2.24, 2.45) is 0 Å². The summed E-state index contributed by atoms with van der Waals surface area (Å²) in [6, 6.07) is 13.8. The molecule has 0 radical (unpaired) electrons. The summed E-state index contributed by atoms with van der Waals surface area (Å²) in [6.07, 6.45) is 2.18. The van der Waals surface area contributed by atoms with Gasteiger partial charge in [0.15, 0.2) is 6.04 Å². The highest BCUT2D eigenvalue weighted by atomic mass is 15.1. The number of aromatic nitrogens is 1. The molecule has 82 valence electrons. The number of benzene rings is 1. The second-order valence-electron chi connectivity index (χ2n) is 4.54. The van der Waals surface area contributed by atoms with Gasteiger partial charge in [-0.2, -0.15) is 0 Å². The van der Waals surface area contributed by atoms with E-state index in [1.807, 2.05) is 0 Å². The maximum Gasteiger partial charge on any atom is 0.152 e. The first-order chi connectivity index (χ1) is 7.84. The molecule has 1 aromatic carbocycles. The number of nitrogens with two attached hydrogens (primary N) is 1. The van der Waals surface area contributed by atoms with Gasteiger partial charge in [-0.25, -0.2) is 0 Å². The molecular formula is C14H17N2+. The normalized spacial score (nSPS) is 19.4. The topological polar surface area (TPSA) is 21.5 Å². The van der Waals surface area contributed by atoms with Crippen molar-refractivity contribution in [2.45, 2.75) is 19.5 Å². The van der Waals surface area contributed by atoms with Crippen molar-refractivity contribution in [3.8, 4) is 0 Å². The van der Waals surface area contributed by atoms with Gasteiger partial charge in [0.05, 0.1) is 18.8 Å². The lowest BCUT2D eigenvalue weighted by atomic mass is 10.0. The number of rotatable bonds is 1. The minimum Gasteiger partial charge on any atom is -0.341 e. The number of hydrogen-bond donors (Lipinski definition) is 1. The van der Waals surface area contributed by atoms with Crippen LogP contribution in [0.1, 0.15) is 22.9 Å². The first-order valence-corrected chi connectivity index (χ1v) is 5.89. The summed E-state index contributed by atoms with van der Waals surface area (Å²) in [5.74, 6) is 0. The van der Waals surface area contributed by atoms with E-state index in [9.17, 15) is 0 Å². The van der Waals surface area contributed by atoms with Gasteiger partial charge in [-0.15, -0.1) is 0 Å².